The summed E-state index contributed by atoms with van der Waals surface area (Å²) in [5.41, 5.74) is 0. The third-order valence-electron chi connectivity index (χ3n) is 3.03. The molecule has 19 heavy (non-hydrogen) atoms. The Morgan fingerprint density at radius 2 is 2.00 bits per heavy atom. The first-order valence-corrected chi connectivity index (χ1v) is 7.83. The maximum absolute atomic E-state index is 11.8. The van der Waals surface area contributed by atoms with Gasteiger partial charge < -0.3 is 19.1 Å². The zero-order valence-electron chi connectivity index (χ0n) is 12.1. The smallest absolute Gasteiger partial charge is 0.233 e. The lowest BCUT2D eigenvalue weighted by Gasteiger charge is -2.28. The van der Waals surface area contributed by atoms with Crippen molar-refractivity contribution in [3.8, 4) is 0 Å². The average Bonchev–Trinajstić information content (AvgIpc) is 2.77. The lowest BCUT2D eigenvalue weighted by atomic mass is 10.3. The van der Waals surface area contributed by atoms with Crippen molar-refractivity contribution in [3.63, 3.8) is 0 Å². The van der Waals surface area contributed by atoms with E-state index in [-0.39, 0.29) is 17.6 Å². The van der Waals surface area contributed by atoms with Crippen molar-refractivity contribution >= 4 is 17.7 Å². The Labute approximate surface area is 119 Å². The summed E-state index contributed by atoms with van der Waals surface area (Å²) in [5.74, 6) is 0.660. The number of hydrogen-bond acceptors (Lipinski definition) is 5. The van der Waals surface area contributed by atoms with Crippen LogP contribution in [0.5, 0.6) is 0 Å². The predicted molar refractivity (Wildman–Crippen MR) is 76.1 cm³/mol. The zero-order valence-corrected chi connectivity index (χ0v) is 12.9. The molecule has 0 aromatic carbocycles. The van der Waals surface area contributed by atoms with E-state index < -0.39 is 0 Å². The molecule has 1 amide bonds. The molecule has 1 aliphatic rings. The summed E-state index contributed by atoms with van der Waals surface area (Å²) in [5, 5.41) is -0.0434. The molecule has 1 aliphatic heterocycles. The fourth-order valence-corrected chi connectivity index (χ4v) is 3.22. The summed E-state index contributed by atoms with van der Waals surface area (Å²) >= 11 is 1.57. The largest absolute Gasteiger partial charge is 0.381 e. The van der Waals surface area contributed by atoms with E-state index in [9.17, 15) is 4.79 Å². The van der Waals surface area contributed by atoms with Crippen LogP contribution in [0.15, 0.2) is 0 Å². The van der Waals surface area contributed by atoms with Gasteiger partial charge in [-0.05, 0) is 12.8 Å². The summed E-state index contributed by atoms with van der Waals surface area (Å²) in [7, 11) is 3.20. The van der Waals surface area contributed by atoms with Crippen molar-refractivity contribution in [2.24, 2.45) is 0 Å². The van der Waals surface area contributed by atoms with Gasteiger partial charge in [0.25, 0.3) is 0 Å². The molecule has 1 saturated heterocycles. The van der Waals surface area contributed by atoms with E-state index in [1.54, 1.807) is 26.0 Å². The first-order chi connectivity index (χ1) is 9.24. The molecule has 5 nitrogen and oxygen atoms in total. The van der Waals surface area contributed by atoms with Crippen LogP contribution in [0, 0.1) is 0 Å². The van der Waals surface area contributed by atoms with E-state index in [2.05, 4.69) is 6.92 Å². The van der Waals surface area contributed by atoms with E-state index in [0.29, 0.717) is 18.9 Å². The predicted octanol–water partition coefficient (Wildman–Crippen LogP) is 1.71. The van der Waals surface area contributed by atoms with Crippen LogP contribution in [0.2, 0.25) is 0 Å². The molecule has 0 bridgehead atoms. The highest BCUT2D eigenvalue weighted by Gasteiger charge is 2.37. The van der Waals surface area contributed by atoms with Crippen molar-refractivity contribution in [1.82, 2.24) is 4.90 Å². The Morgan fingerprint density at radius 1 is 1.32 bits per heavy atom. The maximum Gasteiger partial charge on any atom is 0.233 e. The van der Waals surface area contributed by atoms with Gasteiger partial charge in [0.05, 0.1) is 5.75 Å². The van der Waals surface area contributed by atoms with Gasteiger partial charge in [-0.15, -0.1) is 11.8 Å². The molecule has 0 saturated carbocycles. The minimum absolute atomic E-state index is 0.0434. The number of nitrogens with zero attached hydrogens (tertiary/aromatic N) is 1. The van der Waals surface area contributed by atoms with Gasteiger partial charge >= 0.3 is 0 Å². The second-order valence-corrected chi connectivity index (χ2v) is 5.55. The van der Waals surface area contributed by atoms with Crippen LogP contribution in [0.4, 0.5) is 0 Å². The highest BCUT2D eigenvalue weighted by molar-refractivity contribution is 8.01. The van der Waals surface area contributed by atoms with Crippen LogP contribution in [-0.4, -0.2) is 62.2 Å². The number of unbranched alkanes of at least 4 members (excludes halogenated alkanes) is 1. The highest BCUT2D eigenvalue weighted by atomic mass is 32.2. The van der Waals surface area contributed by atoms with E-state index in [4.69, 9.17) is 14.2 Å². The normalized spacial score (nSPS) is 19.7. The van der Waals surface area contributed by atoms with Gasteiger partial charge in [-0.1, -0.05) is 13.3 Å². The van der Waals surface area contributed by atoms with Crippen molar-refractivity contribution in [2.45, 2.75) is 37.9 Å². The quantitative estimate of drug-likeness (QED) is 0.453. The third-order valence-corrected chi connectivity index (χ3v) is 4.26. The van der Waals surface area contributed by atoms with Gasteiger partial charge in [0, 0.05) is 34.0 Å². The first kappa shape index (κ1) is 16.8. The number of ether oxygens (including phenoxy) is 3. The average molecular weight is 291 g/mol. The van der Waals surface area contributed by atoms with Crippen LogP contribution in [0.25, 0.3) is 0 Å². The molecule has 6 heteroatoms. The Hall–Kier alpha value is -0.300. The molecule has 1 heterocycles. The number of carbonyl (C=O) groups excluding carboxylic acids is 1. The number of methoxy groups -OCH3 is 2. The Bertz CT molecular complexity index is 261. The van der Waals surface area contributed by atoms with Crippen molar-refractivity contribution in [2.75, 3.05) is 39.7 Å². The van der Waals surface area contributed by atoms with Gasteiger partial charge in [-0.2, -0.15) is 0 Å². The molecular weight excluding hydrogens is 266 g/mol. The van der Waals surface area contributed by atoms with Gasteiger partial charge in [-0.3, -0.25) is 4.79 Å². The van der Waals surface area contributed by atoms with Gasteiger partial charge in [-0.25, -0.2) is 0 Å². The standard InChI is InChI=1S/C13H25NO4S/c1-4-5-8-18-9-6-7-14-11(15)10-19-12(14)13(16-2)17-3/h12-13H,4-10H2,1-3H3. The monoisotopic (exact) mass is 291 g/mol. The van der Waals surface area contributed by atoms with Gasteiger partial charge in [0.1, 0.15) is 5.37 Å². The number of rotatable bonds is 10. The van der Waals surface area contributed by atoms with Crippen molar-refractivity contribution in [3.05, 3.63) is 0 Å². The molecule has 0 aromatic heterocycles. The van der Waals surface area contributed by atoms with E-state index in [0.717, 1.165) is 25.9 Å². The molecule has 1 rings (SSSR count). The SMILES string of the molecule is CCCCOCCCN1C(=O)CSC1C(OC)OC. The number of carbonyl (C=O) groups is 1. The molecule has 1 fully saturated rings. The molecule has 0 spiro atoms. The fraction of sp³-hybridized carbons (Fsp3) is 0.923. The molecule has 0 radical (unpaired) electrons. The molecule has 0 N–H and O–H groups in total. The van der Waals surface area contributed by atoms with Crippen LogP contribution < -0.4 is 0 Å². The molecule has 112 valence electrons. The molecule has 0 aliphatic carbocycles. The lowest BCUT2D eigenvalue weighted by Crippen LogP contribution is -2.42. The van der Waals surface area contributed by atoms with E-state index >= 15 is 0 Å². The second-order valence-electron chi connectivity index (χ2n) is 4.45. The topological polar surface area (TPSA) is 48.0 Å². The molecule has 1 unspecified atom stereocenters. The lowest BCUT2D eigenvalue weighted by molar-refractivity contribution is -0.145. The Balaban J connectivity index is 2.30. The molecule has 0 aromatic rings. The summed E-state index contributed by atoms with van der Waals surface area (Å²) in [6.45, 7) is 4.35. The first-order valence-electron chi connectivity index (χ1n) is 6.79. The number of thioether (sulfide) groups is 1. The van der Waals surface area contributed by atoms with Crippen LogP contribution in [0.1, 0.15) is 26.2 Å². The summed E-state index contributed by atoms with van der Waals surface area (Å²) in [4.78, 5) is 13.7. The number of amides is 1. The Morgan fingerprint density at radius 3 is 2.63 bits per heavy atom. The number of hydrogen-bond donors (Lipinski definition) is 0. The van der Waals surface area contributed by atoms with E-state index in [1.807, 2.05) is 4.90 Å². The maximum atomic E-state index is 11.8. The van der Waals surface area contributed by atoms with Crippen LogP contribution >= 0.6 is 11.8 Å². The summed E-state index contributed by atoms with van der Waals surface area (Å²) < 4.78 is 16.0. The highest BCUT2D eigenvalue weighted by Crippen LogP contribution is 2.29. The Kier molecular flexibility index (Phi) is 8.45. The zero-order chi connectivity index (χ0) is 14.1. The van der Waals surface area contributed by atoms with Crippen molar-refractivity contribution < 1.29 is 19.0 Å². The van der Waals surface area contributed by atoms with Crippen LogP contribution in [0.3, 0.4) is 0 Å². The van der Waals surface area contributed by atoms with Crippen molar-refractivity contribution in [1.29, 1.82) is 0 Å². The summed E-state index contributed by atoms with van der Waals surface area (Å²) in [6.07, 6.45) is 2.73. The third kappa shape index (κ3) is 5.30. The molecular formula is C13H25NO4S. The van der Waals surface area contributed by atoms with E-state index in [1.165, 1.54) is 0 Å². The minimum atomic E-state index is -0.363. The van der Waals surface area contributed by atoms with Gasteiger partial charge in [0.15, 0.2) is 6.29 Å². The minimum Gasteiger partial charge on any atom is -0.381 e. The second kappa shape index (κ2) is 9.58. The summed E-state index contributed by atoms with van der Waals surface area (Å²) in [6, 6.07) is 0. The fourth-order valence-electron chi connectivity index (χ4n) is 1.96. The molecule has 1 atom stereocenters. The van der Waals surface area contributed by atoms with Crippen LogP contribution in [-0.2, 0) is 19.0 Å². The van der Waals surface area contributed by atoms with Gasteiger partial charge in [0.2, 0.25) is 5.91 Å².